The summed E-state index contributed by atoms with van der Waals surface area (Å²) in [6.45, 7) is 11.1. The maximum absolute atomic E-state index is 13.4. The molecule has 1 aliphatic carbocycles. The van der Waals surface area contributed by atoms with Gasteiger partial charge in [0.2, 0.25) is 0 Å². The van der Waals surface area contributed by atoms with E-state index in [9.17, 15) is 9.59 Å². The normalized spacial score (nSPS) is 29.9. The summed E-state index contributed by atoms with van der Waals surface area (Å²) in [6.07, 6.45) is 2.44. The zero-order valence-electron chi connectivity index (χ0n) is 19.5. The molecule has 1 saturated carbocycles. The van der Waals surface area contributed by atoms with Crippen LogP contribution in [-0.4, -0.2) is 48.9 Å². The summed E-state index contributed by atoms with van der Waals surface area (Å²) >= 11 is 0. The number of rotatable bonds is 6. The monoisotopic (exact) mass is 431 g/mol. The van der Waals surface area contributed by atoms with Gasteiger partial charge >= 0.3 is 11.9 Å². The fraction of sp³-hybridized carbons (Fsp3) is 0.680. The van der Waals surface area contributed by atoms with E-state index >= 15 is 0 Å². The van der Waals surface area contributed by atoms with Crippen molar-refractivity contribution in [1.82, 2.24) is 5.32 Å². The lowest BCUT2D eigenvalue weighted by Gasteiger charge is -2.36. The average Bonchev–Trinajstić information content (AvgIpc) is 3.14. The van der Waals surface area contributed by atoms with Crippen LogP contribution in [0.1, 0.15) is 70.7 Å². The van der Waals surface area contributed by atoms with Crippen molar-refractivity contribution in [2.24, 2.45) is 11.3 Å². The van der Waals surface area contributed by atoms with Gasteiger partial charge in [-0.2, -0.15) is 0 Å². The lowest BCUT2D eigenvalue weighted by atomic mass is 9.80. The van der Waals surface area contributed by atoms with Crippen LogP contribution in [-0.2, 0) is 19.0 Å². The Balaban J connectivity index is 1.75. The zero-order chi connectivity index (χ0) is 22.6. The first-order valence-electron chi connectivity index (χ1n) is 11.4. The molecular weight excluding hydrogens is 394 g/mol. The number of hydrogen-bond donors (Lipinski definition) is 1. The third kappa shape index (κ3) is 5.86. The number of esters is 2. The highest BCUT2D eigenvalue weighted by Crippen LogP contribution is 2.45. The van der Waals surface area contributed by atoms with Crippen LogP contribution in [0.5, 0.6) is 0 Å². The molecule has 0 aromatic heterocycles. The molecule has 1 aromatic rings. The molecule has 31 heavy (non-hydrogen) atoms. The van der Waals surface area contributed by atoms with Gasteiger partial charge in [-0.05, 0) is 71.4 Å². The number of benzene rings is 1. The van der Waals surface area contributed by atoms with Crippen molar-refractivity contribution in [1.29, 1.82) is 0 Å². The van der Waals surface area contributed by atoms with Crippen molar-refractivity contribution in [3.05, 3.63) is 35.9 Å². The first-order chi connectivity index (χ1) is 14.6. The van der Waals surface area contributed by atoms with Crippen LogP contribution >= 0.6 is 0 Å². The Morgan fingerprint density at radius 1 is 1.19 bits per heavy atom. The van der Waals surface area contributed by atoms with Crippen molar-refractivity contribution in [2.45, 2.75) is 84.1 Å². The Morgan fingerprint density at radius 2 is 1.90 bits per heavy atom. The highest BCUT2D eigenvalue weighted by Gasteiger charge is 2.53. The number of carbonyl (C=O) groups excluding carboxylic acids is 2. The van der Waals surface area contributed by atoms with E-state index in [1.807, 2.05) is 33.8 Å². The van der Waals surface area contributed by atoms with Crippen LogP contribution in [0.3, 0.4) is 0 Å². The second kappa shape index (κ2) is 9.70. The number of ether oxygens (including phenoxy) is 3. The molecule has 3 rings (SSSR count). The molecule has 2 fully saturated rings. The minimum absolute atomic E-state index is 0.177. The van der Waals surface area contributed by atoms with Crippen LogP contribution in [0.15, 0.2) is 30.3 Å². The number of carbonyl (C=O) groups is 2. The van der Waals surface area contributed by atoms with Gasteiger partial charge in [0.15, 0.2) is 0 Å². The molecule has 0 radical (unpaired) electrons. The van der Waals surface area contributed by atoms with E-state index in [4.69, 9.17) is 14.2 Å². The van der Waals surface area contributed by atoms with Crippen molar-refractivity contribution >= 4 is 11.9 Å². The van der Waals surface area contributed by atoms with Gasteiger partial charge in [0.05, 0.1) is 12.2 Å². The number of nitrogens with one attached hydrogen (secondary N) is 1. The molecule has 1 aromatic carbocycles. The van der Waals surface area contributed by atoms with Crippen molar-refractivity contribution < 1.29 is 23.8 Å². The topological polar surface area (TPSA) is 73.9 Å². The summed E-state index contributed by atoms with van der Waals surface area (Å²) in [4.78, 5) is 26.1. The van der Waals surface area contributed by atoms with Crippen molar-refractivity contribution in [2.75, 3.05) is 13.2 Å². The maximum atomic E-state index is 13.4. The van der Waals surface area contributed by atoms with E-state index in [0.717, 1.165) is 26.1 Å². The molecule has 6 heteroatoms. The molecule has 1 heterocycles. The second-order valence-electron chi connectivity index (χ2n) is 10.1. The van der Waals surface area contributed by atoms with Crippen LogP contribution in [0.4, 0.5) is 0 Å². The van der Waals surface area contributed by atoms with Crippen LogP contribution in [0.25, 0.3) is 0 Å². The molecule has 1 aliphatic heterocycles. The Kier molecular flexibility index (Phi) is 7.43. The van der Waals surface area contributed by atoms with Crippen LogP contribution in [0, 0.1) is 11.3 Å². The standard InChI is InChI=1S/C25H37NO5/c1-17-16-29-14-12-21(17)26-20-11-13-25(15-20,23(28)31-24(3,4)5)18(2)30-22(27)19-9-7-6-8-10-19/h6-10,17-18,20-21,26H,11-16H2,1-5H3/t17-,18?,20?,21+,25+/m1/s1. The third-order valence-electron chi connectivity index (χ3n) is 6.52. The highest BCUT2D eigenvalue weighted by molar-refractivity contribution is 5.90. The van der Waals surface area contributed by atoms with Crippen molar-refractivity contribution in [3.63, 3.8) is 0 Å². The summed E-state index contributed by atoms with van der Waals surface area (Å²) in [5.74, 6) is -0.262. The molecule has 1 N–H and O–H groups in total. The molecule has 172 valence electrons. The molecule has 0 spiro atoms. The third-order valence-corrected chi connectivity index (χ3v) is 6.52. The van der Waals surface area contributed by atoms with Crippen LogP contribution in [0.2, 0.25) is 0 Å². The van der Waals surface area contributed by atoms with Gasteiger partial charge in [0, 0.05) is 18.7 Å². The van der Waals surface area contributed by atoms with Gasteiger partial charge in [-0.3, -0.25) is 4.79 Å². The van der Waals surface area contributed by atoms with Gasteiger partial charge in [-0.25, -0.2) is 4.79 Å². The van der Waals surface area contributed by atoms with Gasteiger partial charge in [-0.15, -0.1) is 0 Å². The Bertz CT molecular complexity index is 759. The molecule has 0 amide bonds. The summed E-state index contributed by atoms with van der Waals surface area (Å²) < 4.78 is 17.2. The molecular formula is C25H37NO5. The van der Waals surface area contributed by atoms with Crippen molar-refractivity contribution in [3.8, 4) is 0 Å². The SMILES string of the molecule is CC(OC(=O)c1ccccc1)[C@]1(C(=O)OC(C)(C)C)CCC(N[C@H]2CCOC[C@H]2C)C1. The van der Waals surface area contributed by atoms with E-state index in [1.54, 1.807) is 24.3 Å². The Morgan fingerprint density at radius 3 is 2.55 bits per heavy atom. The summed E-state index contributed by atoms with van der Waals surface area (Å²) in [6, 6.07) is 9.45. The quantitative estimate of drug-likeness (QED) is 0.683. The smallest absolute Gasteiger partial charge is 0.338 e. The molecule has 5 atom stereocenters. The fourth-order valence-corrected chi connectivity index (χ4v) is 4.66. The summed E-state index contributed by atoms with van der Waals surface area (Å²) in [7, 11) is 0. The molecule has 6 nitrogen and oxygen atoms in total. The second-order valence-corrected chi connectivity index (χ2v) is 10.1. The minimum atomic E-state index is -0.857. The fourth-order valence-electron chi connectivity index (χ4n) is 4.66. The summed E-state index contributed by atoms with van der Waals surface area (Å²) in [5.41, 5.74) is -0.977. The predicted molar refractivity (Wildman–Crippen MR) is 119 cm³/mol. The van der Waals surface area contributed by atoms with E-state index in [1.165, 1.54) is 0 Å². The predicted octanol–water partition coefficient (Wildman–Crippen LogP) is 4.13. The average molecular weight is 432 g/mol. The van der Waals surface area contributed by atoms with E-state index in [-0.39, 0.29) is 12.0 Å². The molecule has 2 aliphatic rings. The highest BCUT2D eigenvalue weighted by atomic mass is 16.6. The first-order valence-corrected chi connectivity index (χ1v) is 11.4. The minimum Gasteiger partial charge on any atom is -0.459 e. The molecule has 0 bridgehead atoms. The molecule has 1 saturated heterocycles. The van der Waals surface area contributed by atoms with Gasteiger partial charge in [0.25, 0.3) is 0 Å². The maximum Gasteiger partial charge on any atom is 0.338 e. The van der Waals surface area contributed by atoms with Crippen LogP contribution < -0.4 is 5.32 Å². The van der Waals surface area contributed by atoms with E-state index in [2.05, 4.69) is 12.2 Å². The lowest BCUT2D eigenvalue weighted by Crippen LogP contribution is -2.49. The van der Waals surface area contributed by atoms with E-state index < -0.39 is 23.1 Å². The zero-order valence-corrected chi connectivity index (χ0v) is 19.5. The van der Waals surface area contributed by atoms with Gasteiger partial charge in [0.1, 0.15) is 17.1 Å². The van der Waals surface area contributed by atoms with E-state index in [0.29, 0.717) is 30.4 Å². The number of hydrogen-bond acceptors (Lipinski definition) is 6. The summed E-state index contributed by atoms with van der Waals surface area (Å²) in [5, 5.41) is 3.75. The Labute approximate surface area is 186 Å². The van der Waals surface area contributed by atoms with Gasteiger partial charge in [-0.1, -0.05) is 25.1 Å². The Hall–Kier alpha value is -1.92. The first kappa shape index (κ1) is 23.7. The lowest BCUT2D eigenvalue weighted by molar-refractivity contribution is -0.174. The largest absolute Gasteiger partial charge is 0.459 e. The molecule has 2 unspecified atom stereocenters. The van der Waals surface area contributed by atoms with Gasteiger partial charge < -0.3 is 19.5 Å².